The highest BCUT2D eigenvalue weighted by molar-refractivity contribution is 6.05. The first-order valence-corrected chi connectivity index (χ1v) is 8.73. The first-order valence-electron chi connectivity index (χ1n) is 8.73. The molecular weight excluding hydrogens is 338 g/mol. The highest BCUT2D eigenvalue weighted by atomic mass is 19.2. The standard InChI is InChI=1S/C20H18F2N2O2/c21-16-8-6-14(10-17(16)22)19(25)23-15-7-5-12-2-1-9-24(18(12)11-15)20(26)13-3-4-13/h5-8,10-11,13H,1-4,9H2,(H,23,25). The van der Waals surface area contributed by atoms with Crippen molar-refractivity contribution in [1.82, 2.24) is 0 Å². The van der Waals surface area contributed by atoms with Crippen molar-refractivity contribution in [3.63, 3.8) is 0 Å². The third kappa shape index (κ3) is 3.19. The van der Waals surface area contributed by atoms with Crippen molar-refractivity contribution in [3.05, 3.63) is 59.2 Å². The maximum atomic E-state index is 13.3. The van der Waals surface area contributed by atoms with E-state index in [2.05, 4.69) is 5.32 Å². The van der Waals surface area contributed by atoms with Gasteiger partial charge in [-0.25, -0.2) is 8.78 Å². The molecule has 1 N–H and O–H groups in total. The molecule has 26 heavy (non-hydrogen) atoms. The molecule has 1 aliphatic carbocycles. The number of halogens is 2. The summed E-state index contributed by atoms with van der Waals surface area (Å²) in [6.07, 6.45) is 3.70. The third-order valence-corrected chi connectivity index (χ3v) is 4.84. The van der Waals surface area contributed by atoms with E-state index >= 15 is 0 Å². The zero-order chi connectivity index (χ0) is 18.3. The quantitative estimate of drug-likeness (QED) is 0.907. The van der Waals surface area contributed by atoms with Gasteiger partial charge in [0.2, 0.25) is 5.91 Å². The van der Waals surface area contributed by atoms with Gasteiger partial charge in [0.05, 0.1) is 0 Å². The van der Waals surface area contributed by atoms with E-state index in [4.69, 9.17) is 0 Å². The summed E-state index contributed by atoms with van der Waals surface area (Å²) in [4.78, 5) is 26.6. The zero-order valence-electron chi connectivity index (χ0n) is 14.1. The largest absolute Gasteiger partial charge is 0.322 e. The predicted octanol–water partition coefficient (Wildman–Crippen LogP) is 3.91. The summed E-state index contributed by atoms with van der Waals surface area (Å²) in [7, 11) is 0. The molecule has 0 spiro atoms. The Kier molecular flexibility index (Phi) is 4.18. The van der Waals surface area contributed by atoms with Gasteiger partial charge in [0.25, 0.3) is 5.91 Å². The first-order chi connectivity index (χ1) is 12.5. The Bertz CT molecular complexity index is 893. The predicted molar refractivity (Wildman–Crippen MR) is 94.2 cm³/mol. The van der Waals surface area contributed by atoms with Crippen molar-refractivity contribution >= 4 is 23.2 Å². The van der Waals surface area contributed by atoms with Crippen LogP contribution >= 0.6 is 0 Å². The number of aryl methyl sites for hydroxylation is 1. The zero-order valence-corrected chi connectivity index (χ0v) is 14.1. The van der Waals surface area contributed by atoms with Crippen molar-refractivity contribution in [2.24, 2.45) is 5.92 Å². The molecule has 0 atom stereocenters. The molecule has 1 fully saturated rings. The molecule has 0 saturated heterocycles. The average Bonchev–Trinajstić information content (AvgIpc) is 3.48. The van der Waals surface area contributed by atoms with Crippen LogP contribution in [0.4, 0.5) is 20.2 Å². The molecule has 0 unspecified atom stereocenters. The summed E-state index contributed by atoms with van der Waals surface area (Å²) in [5, 5.41) is 2.69. The maximum Gasteiger partial charge on any atom is 0.255 e. The SMILES string of the molecule is O=C(Nc1ccc2c(c1)N(C(=O)C1CC1)CCC2)c1ccc(F)c(F)c1. The lowest BCUT2D eigenvalue weighted by molar-refractivity contribution is -0.119. The number of carbonyl (C=O) groups is 2. The Labute approximate surface area is 149 Å². The molecule has 2 aromatic rings. The monoisotopic (exact) mass is 356 g/mol. The summed E-state index contributed by atoms with van der Waals surface area (Å²) in [5.41, 5.74) is 2.47. The average molecular weight is 356 g/mol. The molecule has 134 valence electrons. The molecule has 0 radical (unpaired) electrons. The number of nitrogens with one attached hydrogen (secondary N) is 1. The molecule has 6 heteroatoms. The summed E-state index contributed by atoms with van der Waals surface area (Å²) in [5.74, 6) is -2.31. The fourth-order valence-corrected chi connectivity index (χ4v) is 3.27. The highest BCUT2D eigenvalue weighted by Gasteiger charge is 2.35. The van der Waals surface area contributed by atoms with Crippen molar-refractivity contribution < 1.29 is 18.4 Å². The number of nitrogens with zero attached hydrogens (tertiary/aromatic N) is 1. The van der Waals surface area contributed by atoms with Crippen molar-refractivity contribution in [2.45, 2.75) is 25.7 Å². The third-order valence-electron chi connectivity index (χ3n) is 4.84. The van der Waals surface area contributed by atoms with Crippen LogP contribution in [0.5, 0.6) is 0 Å². The number of carbonyl (C=O) groups excluding carboxylic acids is 2. The van der Waals surface area contributed by atoms with Gasteiger partial charge < -0.3 is 10.2 Å². The van der Waals surface area contributed by atoms with Crippen LogP contribution in [-0.4, -0.2) is 18.4 Å². The Morgan fingerprint density at radius 3 is 2.58 bits per heavy atom. The number of fused-ring (bicyclic) bond motifs is 1. The second-order valence-corrected chi connectivity index (χ2v) is 6.79. The Balaban J connectivity index is 1.57. The fraction of sp³-hybridized carbons (Fsp3) is 0.300. The highest BCUT2D eigenvalue weighted by Crippen LogP contribution is 2.37. The van der Waals surface area contributed by atoms with Crippen LogP contribution in [-0.2, 0) is 11.2 Å². The van der Waals surface area contributed by atoms with Crippen LogP contribution in [0.2, 0.25) is 0 Å². The van der Waals surface area contributed by atoms with Gasteiger partial charge in [-0.05, 0) is 61.6 Å². The van der Waals surface area contributed by atoms with Gasteiger partial charge in [-0.15, -0.1) is 0 Å². The molecule has 4 nitrogen and oxygen atoms in total. The Morgan fingerprint density at radius 2 is 1.85 bits per heavy atom. The molecule has 2 amide bonds. The van der Waals surface area contributed by atoms with E-state index < -0.39 is 17.5 Å². The van der Waals surface area contributed by atoms with Crippen LogP contribution < -0.4 is 10.2 Å². The number of amides is 2. The van der Waals surface area contributed by atoms with Gasteiger partial charge >= 0.3 is 0 Å². The van der Waals surface area contributed by atoms with Gasteiger partial charge in [-0.1, -0.05) is 6.07 Å². The lowest BCUT2D eigenvalue weighted by atomic mass is 10.0. The number of hydrogen-bond donors (Lipinski definition) is 1. The van der Waals surface area contributed by atoms with Gasteiger partial charge in [0.15, 0.2) is 11.6 Å². The van der Waals surface area contributed by atoms with E-state index in [-0.39, 0.29) is 17.4 Å². The minimum atomic E-state index is -1.07. The Morgan fingerprint density at radius 1 is 1.04 bits per heavy atom. The molecule has 0 aromatic heterocycles. The van der Waals surface area contributed by atoms with Gasteiger partial charge in [0.1, 0.15) is 0 Å². The maximum absolute atomic E-state index is 13.3. The molecule has 0 bridgehead atoms. The van der Waals surface area contributed by atoms with E-state index in [1.54, 1.807) is 12.1 Å². The molecular formula is C20H18F2N2O2. The van der Waals surface area contributed by atoms with Crippen molar-refractivity contribution in [2.75, 3.05) is 16.8 Å². The van der Waals surface area contributed by atoms with E-state index in [0.29, 0.717) is 12.2 Å². The summed E-state index contributed by atoms with van der Waals surface area (Å²) in [6.45, 7) is 0.683. The number of rotatable bonds is 3. The van der Waals surface area contributed by atoms with Gasteiger partial charge in [0, 0.05) is 29.4 Å². The second kappa shape index (κ2) is 6.52. The number of anilines is 2. The fourth-order valence-electron chi connectivity index (χ4n) is 3.27. The lowest BCUT2D eigenvalue weighted by Gasteiger charge is -2.30. The van der Waals surface area contributed by atoms with Crippen molar-refractivity contribution in [1.29, 1.82) is 0 Å². The molecule has 2 aliphatic rings. The van der Waals surface area contributed by atoms with Gasteiger partial charge in [-0.2, -0.15) is 0 Å². The Hall–Kier alpha value is -2.76. The normalized spacial score (nSPS) is 16.2. The smallest absolute Gasteiger partial charge is 0.255 e. The minimum Gasteiger partial charge on any atom is -0.322 e. The molecule has 1 aliphatic heterocycles. The molecule has 1 heterocycles. The second-order valence-electron chi connectivity index (χ2n) is 6.79. The summed E-state index contributed by atoms with van der Waals surface area (Å²) < 4.78 is 26.3. The topological polar surface area (TPSA) is 49.4 Å². The number of hydrogen-bond acceptors (Lipinski definition) is 2. The lowest BCUT2D eigenvalue weighted by Crippen LogP contribution is -2.36. The van der Waals surface area contributed by atoms with E-state index in [0.717, 1.165) is 49.1 Å². The van der Waals surface area contributed by atoms with E-state index in [1.807, 2.05) is 11.0 Å². The summed E-state index contributed by atoms with van der Waals surface area (Å²) in [6, 6.07) is 8.48. The summed E-state index contributed by atoms with van der Waals surface area (Å²) >= 11 is 0. The first kappa shape index (κ1) is 16.7. The van der Waals surface area contributed by atoms with E-state index in [1.165, 1.54) is 6.07 Å². The molecule has 2 aromatic carbocycles. The number of benzene rings is 2. The molecule has 4 rings (SSSR count). The van der Waals surface area contributed by atoms with Crippen LogP contribution in [0.15, 0.2) is 36.4 Å². The van der Waals surface area contributed by atoms with Crippen LogP contribution in [0.1, 0.15) is 35.2 Å². The molecule has 1 saturated carbocycles. The van der Waals surface area contributed by atoms with Gasteiger partial charge in [-0.3, -0.25) is 9.59 Å². The van der Waals surface area contributed by atoms with E-state index in [9.17, 15) is 18.4 Å². The van der Waals surface area contributed by atoms with Crippen LogP contribution in [0.3, 0.4) is 0 Å². The van der Waals surface area contributed by atoms with Crippen LogP contribution in [0, 0.1) is 17.6 Å². The minimum absolute atomic E-state index is 0.0348. The van der Waals surface area contributed by atoms with Crippen LogP contribution in [0.25, 0.3) is 0 Å². The van der Waals surface area contributed by atoms with Crippen molar-refractivity contribution in [3.8, 4) is 0 Å².